The van der Waals surface area contributed by atoms with Gasteiger partial charge in [0.1, 0.15) is 5.82 Å². The number of alkyl halides is 3. The molecule has 0 radical (unpaired) electrons. The lowest BCUT2D eigenvalue weighted by Crippen LogP contribution is -2.41. The maximum absolute atomic E-state index is 12.3. The Labute approximate surface area is 115 Å². The highest BCUT2D eigenvalue weighted by Crippen LogP contribution is 2.28. The number of nitrogens with zero attached hydrogens (tertiary/aromatic N) is 1. The van der Waals surface area contributed by atoms with Crippen LogP contribution in [-0.4, -0.2) is 23.0 Å². The van der Waals surface area contributed by atoms with E-state index in [2.05, 4.69) is 15.6 Å². The largest absolute Gasteiger partial charge is 0.417 e. The van der Waals surface area contributed by atoms with E-state index in [1.807, 2.05) is 20.8 Å². The second-order valence-electron chi connectivity index (χ2n) is 5.40. The molecule has 0 aromatic carbocycles. The van der Waals surface area contributed by atoms with Gasteiger partial charge in [-0.25, -0.2) is 4.98 Å². The topological polar surface area (TPSA) is 54.0 Å². The van der Waals surface area contributed by atoms with Gasteiger partial charge in [0.05, 0.1) is 5.56 Å². The van der Waals surface area contributed by atoms with Crippen molar-refractivity contribution < 1.29 is 18.0 Å². The first-order valence-corrected chi connectivity index (χ1v) is 6.16. The number of amides is 1. The van der Waals surface area contributed by atoms with Crippen molar-refractivity contribution in [3.8, 4) is 0 Å². The van der Waals surface area contributed by atoms with E-state index in [4.69, 9.17) is 0 Å². The predicted octanol–water partition coefficient (Wildman–Crippen LogP) is 2.82. The molecule has 0 fully saturated rings. The maximum Gasteiger partial charge on any atom is 0.417 e. The molecule has 0 spiro atoms. The minimum absolute atomic E-state index is 0.128. The SMILES string of the molecule is CC(C)(C)NC(=O)CCNc1ccc(C(F)(F)F)cn1. The normalized spacial score (nSPS) is 12.1. The minimum atomic E-state index is -4.39. The van der Waals surface area contributed by atoms with E-state index < -0.39 is 11.7 Å². The van der Waals surface area contributed by atoms with Gasteiger partial charge in [-0.05, 0) is 32.9 Å². The van der Waals surface area contributed by atoms with Crippen molar-refractivity contribution in [1.29, 1.82) is 0 Å². The predicted molar refractivity (Wildman–Crippen MR) is 70.2 cm³/mol. The van der Waals surface area contributed by atoms with Crippen LogP contribution < -0.4 is 10.6 Å². The standard InChI is InChI=1S/C13H18F3N3O/c1-12(2,3)19-11(20)6-7-17-10-5-4-9(8-18-10)13(14,15)16/h4-5,8H,6-7H2,1-3H3,(H,17,18)(H,19,20). The van der Waals surface area contributed by atoms with Gasteiger partial charge in [-0.3, -0.25) is 4.79 Å². The van der Waals surface area contributed by atoms with E-state index in [1.54, 1.807) is 0 Å². The van der Waals surface area contributed by atoms with Gasteiger partial charge in [0.15, 0.2) is 0 Å². The molecule has 4 nitrogen and oxygen atoms in total. The van der Waals surface area contributed by atoms with Gasteiger partial charge in [0.25, 0.3) is 0 Å². The van der Waals surface area contributed by atoms with Crippen LogP contribution in [0.15, 0.2) is 18.3 Å². The van der Waals surface area contributed by atoms with Gasteiger partial charge < -0.3 is 10.6 Å². The number of anilines is 1. The number of carbonyl (C=O) groups excluding carboxylic acids is 1. The fourth-order valence-corrected chi connectivity index (χ4v) is 1.45. The number of hydrogen-bond donors (Lipinski definition) is 2. The Bertz CT molecular complexity index is 449. The monoisotopic (exact) mass is 289 g/mol. The number of hydrogen-bond acceptors (Lipinski definition) is 3. The molecular formula is C13H18F3N3O. The summed E-state index contributed by atoms with van der Waals surface area (Å²) >= 11 is 0. The van der Waals surface area contributed by atoms with Crippen LogP contribution in [0.5, 0.6) is 0 Å². The summed E-state index contributed by atoms with van der Waals surface area (Å²) in [6.07, 6.45) is -3.41. The van der Waals surface area contributed by atoms with Gasteiger partial charge in [0.2, 0.25) is 5.91 Å². The quantitative estimate of drug-likeness (QED) is 0.896. The number of nitrogens with one attached hydrogen (secondary N) is 2. The first-order chi connectivity index (χ1) is 9.08. The highest BCUT2D eigenvalue weighted by molar-refractivity contribution is 5.77. The third kappa shape index (κ3) is 5.90. The van der Waals surface area contributed by atoms with Gasteiger partial charge in [-0.15, -0.1) is 0 Å². The summed E-state index contributed by atoms with van der Waals surface area (Å²) in [5, 5.41) is 5.59. The van der Waals surface area contributed by atoms with E-state index in [9.17, 15) is 18.0 Å². The zero-order valence-corrected chi connectivity index (χ0v) is 11.6. The lowest BCUT2D eigenvalue weighted by Gasteiger charge is -2.20. The van der Waals surface area contributed by atoms with Gasteiger partial charge in [-0.1, -0.05) is 0 Å². The van der Waals surface area contributed by atoms with Crippen LogP contribution in [0.25, 0.3) is 0 Å². The van der Waals surface area contributed by atoms with E-state index >= 15 is 0 Å². The first kappa shape index (κ1) is 16.3. The summed E-state index contributed by atoms with van der Waals surface area (Å²) in [6.45, 7) is 5.92. The zero-order chi connectivity index (χ0) is 15.4. The number of rotatable bonds is 4. The van der Waals surface area contributed by atoms with Crippen molar-refractivity contribution in [3.05, 3.63) is 23.9 Å². The summed E-state index contributed by atoms with van der Waals surface area (Å²) in [5.74, 6) is 0.179. The Kier molecular flexibility index (Phi) is 4.97. The summed E-state index contributed by atoms with van der Waals surface area (Å²) in [6, 6.07) is 2.19. The molecule has 0 aliphatic carbocycles. The van der Waals surface area contributed by atoms with Crippen LogP contribution in [0.2, 0.25) is 0 Å². The average molecular weight is 289 g/mol. The smallest absolute Gasteiger partial charge is 0.370 e. The second-order valence-corrected chi connectivity index (χ2v) is 5.40. The molecule has 1 aromatic rings. The molecular weight excluding hydrogens is 271 g/mol. The van der Waals surface area contributed by atoms with Crippen molar-refractivity contribution in [3.63, 3.8) is 0 Å². The summed E-state index contributed by atoms with van der Waals surface area (Å²) in [5.41, 5.74) is -1.10. The van der Waals surface area contributed by atoms with Crippen LogP contribution in [0.4, 0.5) is 19.0 Å². The molecule has 0 aliphatic rings. The molecule has 1 rings (SSSR count). The highest BCUT2D eigenvalue weighted by atomic mass is 19.4. The first-order valence-electron chi connectivity index (χ1n) is 6.16. The molecule has 0 saturated carbocycles. The van der Waals surface area contributed by atoms with E-state index in [1.165, 1.54) is 6.07 Å². The molecule has 1 aromatic heterocycles. The zero-order valence-electron chi connectivity index (χ0n) is 11.6. The number of halogens is 3. The van der Waals surface area contributed by atoms with Gasteiger partial charge >= 0.3 is 6.18 Å². The fraction of sp³-hybridized carbons (Fsp3) is 0.538. The van der Waals surface area contributed by atoms with Crippen LogP contribution >= 0.6 is 0 Å². The molecule has 112 valence electrons. The second kappa shape index (κ2) is 6.11. The lowest BCUT2D eigenvalue weighted by molar-refractivity contribution is -0.137. The summed E-state index contributed by atoms with van der Waals surface area (Å²) < 4.78 is 37.0. The lowest BCUT2D eigenvalue weighted by atomic mass is 10.1. The van der Waals surface area contributed by atoms with Crippen molar-refractivity contribution >= 4 is 11.7 Å². The Balaban J connectivity index is 2.42. The third-order valence-corrected chi connectivity index (χ3v) is 2.26. The molecule has 0 aliphatic heterocycles. The van der Waals surface area contributed by atoms with E-state index in [-0.39, 0.29) is 17.9 Å². The van der Waals surface area contributed by atoms with Crippen molar-refractivity contribution in [2.24, 2.45) is 0 Å². The molecule has 20 heavy (non-hydrogen) atoms. The molecule has 1 heterocycles. The summed E-state index contributed by atoms with van der Waals surface area (Å²) in [7, 11) is 0. The van der Waals surface area contributed by atoms with Crippen molar-refractivity contribution in [1.82, 2.24) is 10.3 Å². The Morgan fingerprint density at radius 2 is 1.90 bits per heavy atom. The third-order valence-electron chi connectivity index (χ3n) is 2.26. The Morgan fingerprint density at radius 1 is 1.25 bits per heavy atom. The fourth-order valence-electron chi connectivity index (χ4n) is 1.45. The number of aromatic nitrogens is 1. The van der Waals surface area contributed by atoms with Gasteiger partial charge in [-0.2, -0.15) is 13.2 Å². The molecule has 0 saturated heterocycles. The minimum Gasteiger partial charge on any atom is -0.370 e. The maximum atomic E-state index is 12.3. The molecule has 1 amide bonds. The van der Waals surface area contributed by atoms with E-state index in [0.29, 0.717) is 12.4 Å². The molecule has 0 bridgehead atoms. The average Bonchev–Trinajstić information content (AvgIpc) is 2.26. The van der Waals surface area contributed by atoms with Crippen LogP contribution in [0.3, 0.4) is 0 Å². The summed E-state index contributed by atoms with van der Waals surface area (Å²) in [4.78, 5) is 15.2. The van der Waals surface area contributed by atoms with Crippen LogP contribution in [0, 0.1) is 0 Å². The van der Waals surface area contributed by atoms with Crippen LogP contribution in [0.1, 0.15) is 32.8 Å². The molecule has 0 unspecified atom stereocenters. The van der Waals surface area contributed by atoms with Crippen molar-refractivity contribution in [2.75, 3.05) is 11.9 Å². The number of carbonyl (C=O) groups is 1. The number of pyridine rings is 1. The Morgan fingerprint density at radius 3 is 2.35 bits per heavy atom. The molecule has 0 atom stereocenters. The highest BCUT2D eigenvalue weighted by Gasteiger charge is 2.30. The molecule has 2 N–H and O–H groups in total. The van der Waals surface area contributed by atoms with Crippen molar-refractivity contribution in [2.45, 2.75) is 38.9 Å². The van der Waals surface area contributed by atoms with Gasteiger partial charge in [0, 0.05) is 24.7 Å². The molecule has 7 heteroatoms. The Hall–Kier alpha value is -1.79. The van der Waals surface area contributed by atoms with Crippen LogP contribution in [-0.2, 0) is 11.0 Å². The van der Waals surface area contributed by atoms with E-state index in [0.717, 1.165) is 12.3 Å².